The standard InChI is InChI=1S/C15H17N3O/c1-18(2)13-8-6-12(7-9-13)11-17-15(19)14-5-3-4-10-16-14/h3-10H,11H2,1-2H3,(H,17,19). The highest BCUT2D eigenvalue weighted by Crippen LogP contribution is 2.12. The zero-order valence-corrected chi connectivity index (χ0v) is 11.1. The lowest BCUT2D eigenvalue weighted by Crippen LogP contribution is -2.23. The number of nitrogens with one attached hydrogen (secondary N) is 1. The van der Waals surface area contributed by atoms with E-state index in [1.54, 1.807) is 24.4 Å². The molecule has 4 nitrogen and oxygen atoms in total. The number of pyridine rings is 1. The number of nitrogens with zero attached hydrogens (tertiary/aromatic N) is 2. The average molecular weight is 255 g/mol. The molecule has 0 spiro atoms. The number of hydrogen-bond donors (Lipinski definition) is 1. The van der Waals surface area contributed by atoms with Crippen molar-refractivity contribution in [2.75, 3.05) is 19.0 Å². The number of aromatic nitrogens is 1. The van der Waals surface area contributed by atoms with Crippen molar-refractivity contribution in [3.8, 4) is 0 Å². The van der Waals surface area contributed by atoms with Crippen LogP contribution in [0, 0.1) is 0 Å². The summed E-state index contributed by atoms with van der Waals surface area (Å²) >= 11 is 0. The van der Waals surface area contributed by atoms with Gasteiger partial charge in [0.05, 0.1) is 0 Å². The lowest BCUT2D eigenvalue weighted by molar-refractivity contribution is 0.0946. The monoisotopic (exact) mass is 255 g/mol. The molecule has 0 unspecified atom stereocenters. The second kappa shape index (κ2) is 6.00. The van der Waals surface area contributed by atoms with Crippen molar-refractivity contribution in [3.63, 3.8) is 0 Å². The van der Waals surface area contributed by atoms with Gasteiger partial charge in [-0.2, -0.15) is 0 Å². The predicted octanol–water partition coefficient (Wildman–Crippen LogP) is 2.08. The van der Waals surface area contributed by atoms with Crippen molar-refractivity contribution in [3.05, 3.63) is 59.9 Å². The highest BCUT2D eigenvalue weighted by molar-refractivity contribution is 5.92. The fraction of sp³-hybridized carbons (Fsp3) is 0.200. The van der Waals surface area contributed by atoms with Crippen LogP contribution in [0.25, 0.3) is 0 Å². The zero-order valence-electron chi connectivity index (χ0n) is 11.1. The van der Waals surface area contributed by atoms with Gasteiger partial charge >= 0.3 is 0 Å². The highest BCUT2D eigenvalue weighted by atomic mass is 16.1. The molecule has 0 saturated heterocycles. The van der Waals surface area contributed by atoms with E-state index in [2.05, 4.69) is 10.3 Å². The van der Waals surface area contributed by atoms with Gasteiger partial charge in [-0.05, 0) is 29.8 Å². The summed E-state index contributed by atoms with van der Waals surface area (Å²) in [7, 11) is 4.00. The molecular weight excluding hydrogens is 238 g/mol. The van der Waals surface area contributed by atoms with E-state index in [-0.39, 0.29) is 5.91 Å². The lowest BCUT2D eigenvalue weighted by atomic mass is 10.2. The van der Waals surface area contributed by atoms with Crippen LogP contribution in [0.1, 0.15) is 16.1 Å². The molecule has 98 valence electrons. The summed E-state index contributed by atoms with van der Waals surface area (Å²) in [6.07, 6.45) is 1.61. The number of amides is 1. The third kappa shape index (κ3) is 3.55. The molecule has 0 radical (unpaired) electrons. The van der Waals surface area contributed by atoms with E-state index in [0.29, 0.717) is 12.2 Å². The summed E-state index contributed by atoms with van der Waals surface area (Å²) in [5, 5.41) is 2.85. The first-order valence-electron chi connectivity index (χ1n) is 6.12. The van der Waals surface area contributed by atoms with Crippen LogP contribution in [0.4, 0.5) is 5.69 Å². The minimum atomic E-state index is -0.155. The summed E-state index contributed by atoms with van der Waals surface area (Å²) in [5.74, 6) is -0.155. The van der Waals surface area contributed by atoms with Gasteiger partial charge < -0.3 is 10.2 Å². The first-order valence-corrected chi connectivity index (χ1v) is 6.12. The quantitative estimate of drug-likeness (QED) is 0.909. The Bertz CT molecular complexity index is 535. The van der Waals surface area contributed by atoms with Crippen molar-refractivity contribution in [2.24, 2.45) is 0 Å². The van der Waals surface area contributed by atoms with E-state index in [4.69, 9.17) is 0 Å². The van der Waals surface area contributed by atoms with Crippen molar-refractivity contribution < 1.29 is 4.79 Å². The molecule has 0 atom stereocenters. The Morgan fingerprint density at radius 3 is 2.47 bits per heavy atom. The van der Waals surface area contributed by atoms with E-state index >= 15 is 0 Å². The summed E-state index contributed by atoms with van der Waals surface area (Å²) in [5.41, 5.74) is 2.64. The van der Waals surface area contributed by atoms with Crippen LogP contribution in [0.3, 0.4) is 0 Å². The molecule has 0 aliphatic rings. The van der Waals surface area contributed by atoms with Gasteiger partial charge in [0, 0.05) is 32.5 Å². The number of benzene rings is 1. The minimum Gasteiger partial charge on any atom is -0.378 e. The second-order valence-electron chi connectivity index (χ2n) is 4.46. The van der Waals surface area contributed by atoms with Crippen LogP contribution >= 0.6 is 0 Å². The van der Waals surface area contributed by atoms with Gasteiger partial charge in [-0.3, -0.25) is 9.78 Å². The Morgan fingerprint density at radius 2 is 1.89 bits per heavy atom. The first-order chi connectivity index (χ1) is 9.16. The SMILES string of the molecule is CN(C)c1ccc(CNC(=O)c2ccccn2)cc1. The van der Waals surface area contributed by atoms with Crippen LogP contribution in [-0.4, -0.2) is 25.0 Å². The largest absolute Gasteiger partial charge is 0.378 e. The molecule has 2 rings (SSSR count). The molecule has 1 amide bonds. The molecule has 0 bridgehead atoms. The molecule has 19 heavy (non-hydrogen) atoms. The van der Waals surface area contributed by atoms with Gasteiger partial charge in [0.1, 0.15) is 5.69 Å². The summed E-state index contributed by atoms with van der Waals surface area (Å²) < 4.78 is 0. The smallest absolute Gasteiger partial charge is 0.270 e. The van der Waals surface area contributed by atoms with Crippen LogP contribution < -0.4 is 10.2 Å². The van der Waals surface area contributed by atoms with E-state index in [1.807, 2.05) is 43.3 Å². The lowest BCUT2D eigenvalue weighted by Gasteiger charge is -2.12. The Balaban J connectivity index is 1.94. The molecule has 0 aliphatic carbocycles. The Kier molecular flexibility index (Phi) is 4.13. The van der Waals surface area contributed by atoms with Gasteiger partial charge in [0.15, 0.2) is 0 Å². The topological polar surface area (TPSA) is 45.2 Å². The number of hydrogen-bond acceptors (Lipinski definition) is 3. The molecule has 1 aromatic heterocycles. The van der Waals surface area contributed by atoms with Crippen molar-refractivity contribution in [2.45, 2.75) is 6.54 Å². The van der Waals surface area contributed by atoms with E-state index in [0.717, 1.165) is 11.3 Å². The molecule has 1 heterocycles. The number of anilines is 1. The van der Waals surface area contributed by atoms with Gasteiger partial charge in [0.25, 0.3) is 5.91 Å². The molecule has 0 saturated carbocycles. The van der Waals surface area contributed by atoms with Crippen molar-refractivity contribution >= 4 is 11.6 Å². The summed E-state index contributed by atoms with van der Waals surface area (Å²) in [6, 6.07) is 13.4. The molecular formula is C15H17N3O. The number of rotatable bonds is 4. The third-order valence-electron chi connectivity index (χ3n) is 2.80. The Labute approximate surface area is 113 Å². The maximum absolute atomic E-state index is 11.8. The summed E-state index contributed by atoms with van der Waals surface area (Å²) in [4.78, 5) is 17.9. The van der Waals surface area contributed by atoms with Crippen LogP contribution in [-0.2, 0) is 6.54 Å². The van der Waals surface area contributed by atoms with Crippen LogP contribution in [0.2, 0.25) is 0 Å². The molecule has 0 aliphatic heterocycles. The Morgan fingerprint density at radius 1 is 1.16 bits per heavy atom. The number of carbonyl (C=O) groups excluding carboxylic acids is 1. The second-order valence-corrected chi connectivity index (χ2v) is 4.46. The minimum absolute atomic E-state index is 0.155. The van der Waals surface area contributed by atoms with Gasteiger partial charge in [-0.1, -0.05) is 18.2 Å². The first kappa shape index (κ1) is 13.1. The fourth-order valence-corrected chi connectivity index (χ4v) is 1.68. The predicted molar refractivity (Wildman–Crippen MR) is 76.2 cm³/mol. The van der Waals surface area contributed by atoms with E-state index in [9.17, 15) is 4.79 Å². The summed E-state index contributed by atoms with van der Waals surface area (Å²) in [6.45, 7) is 0.503. The van der Waals surface area contributed by atoms with Gasteiger partial charge in [0.2, 0.25) is 0 Å². The number of carbonyl (C=O) groups is 1. The van der Waals surface area contributed by atoms with Crippen LogP contribution in [0.5, 0.6) is 0 Å². The zero-order chi connectivity index (χ0) is 13.7. The van der Waals surface area contributed by atoms with Gasteiger partial charge in [-0.15, -0.1) is 0 Å². The third-order valence-corrected chi connectivity index (χ3v) is 2.80. The van der Waals surface area contributed by atoms with Crippen molar-refractivity contribution in [1.82, 2.24) is 10.3 Å². The maximum Gasteiger partial charge on any atom is 0.270 e. The molecule has 0 fully saturated rings. The van der Waals surface area contributed by atoms with Crippen LogP contribution in [0.15, 0.2) is 48.7 Å². The molecule has 4 heteroatoms. The average Bonchev–Trinajstić information content (AvgIpc) is 2.46. The van der Waals surface area contributed by atoms with Gasteiger partial charge in [-0.25, -0.2) is 0 Å². The Hall–Kier alpha value is -2.36. The fourth-order valence-electron chi connectivity index (χ4n) is 1.68. The maximum atomic E-state index is 11.8. The van der Waals surface area contributed by atoms with E-state index in [1.165, 1.54) is 0 Å². The van der Waals surface area contributed by atoms with E-state index < -0.39 is 0 Å². The molecule has 2 aromatic rings. The molecule has 1 N–H and O–H groups in total. The normalized spacial score (nSPS) is 10.0. The van der Waals surface area contributed by atoms with Crippen molar-refractivity contribution in [1.29, 1.82) is 0 Å². The molecule has 1 aromatic carbocycles. The highest BCUT2D eigenvalue weighted by Gasteiger charge is 2.05.